The topological polar surface area (TPSA) is 97.4 Å². The van der Waals surface area contributed by atoms with Gasteiger partial charge in [0.1, 0.15) is 6.61 Å². The van der Waals surface area contributed by atoms with Crippen molar-refractivity contribution in [1.29, 1.82) is 0 Å². The zero-order chi connectivity index (χ0) is 24.1. The molecular weight excluding hydrogens is 474 g/mol. The van der Waals surface area contributed by atoms with Crippen LogP contribution in [0.1, 0.15) is 32.7 Å². The first-order valence-electron chi connectivity index (χ1n) is 11.3. The summed E-state index contributed by atoms with van der Waals surface area (Å²) in [5, 5.41) is 2.84. The van der Waals surface area contributed by atoms with Crippen molar-refractivity contribution in [3.8, 4) is 11.5 Å². The first-order chi connectivity index (χ1) is 16.5. The molecule has 10 heteroatoms. The largest absolute Gasteiger partial charge is 0.493 e. The molecule has 1 N–H and O–H groups in total. The van der Waals surface area contributed by atoms with E-state index in [1.54, 1.807) is 24.3 Å². The number of ether oxygens (including phenoxy) is 3. The van der Waals surface area contributed by atoms with Gasteiger partial charge in [-0.1, -0.05) is 0 Å². The van der Waals surface area contributed by atoms with Crippen molar-refractivity contribution in [2.24, 2.45) is 0 Å². The number of amides is 2. The predicted molar refractivity (Wildman–Crippen MR) is 133 cm³/mol. The van der Waals surface area contributed by atoms with Gasteiger partial charge in [0, 0.05) is 50.4 Å². The molecule has 2 aliphatic heterocycles. The Morgan fingerprint density at radius 3 is 2.34 bits per heavy atom. The second kappa shape index (κ2) is 11.9. The van der Waals surface area contributed by atoms with Gasteiger partial charge < -0.3 is 24.4 Å². The number of rotatable bonds is 7. The molecule has 1 saturated heterocycles. The summed E-state index contributed by atoms with van der Waals surface area (Å²) >= 11 is 0. The molecule has 188 valence electrons. The molecule has 0 aromatic heterocycles. The van der Waals surface area contributed by atoms with Crippen LogP contribution in [0.2, 0.25) is 0 Å². The highest BCUT2D eigenvalue weighted by molar-refractivity contribution is 5.98. The molecule has 9 nitrogen and oxygen atoms in total. The maximum absolute atomic E-state index is 12.9. The summed E-state index contributed by atoms with van der Waals surface area (Å²) in [4.78, 5) is 40.9. The number of carbonyl (C=O) groups excluding carboxylic acids is 3. The van der Waals surface area contributed by atoms with Crippen LogP contribution < -0.4 is 14.8 Å². The van der Waals surface area contributed by atoms with E-state index < -0.39 is 5.97 Å². The van der Waals surface area contributed by atoms with Crippen molar-refractivity contribution in [2.45, 2.75) is 12.8 Å². The van der Waals surface area contributed by atoms with Gasteiger partial charge >= 0.3 is 5.97 Å². The molecule has 1 fully saturated rings. The fraction of sp³-hybridized carbons (Fsp3) is 0.400. The van der Waals surface area contributed by atoms with Gasteiger partial charge in [0.15, 0.2) is 11.5 Å². The number of hydrogen-bond acceptors (Lipinski definition) is 7. The van der Waals surface area contributed by atoms with E-state index in [1.807, 2.05) is 17.0 Å². The summed E-state index contributed by atoms with van der Waals surface area (Å²) in [5.74, 6) is 0.616. The second-order valence-corrected chi connectivity index (χ2v) is 8.26. The number of esters is 1. The molecule has 2 heterocycles. The van der Waals surface area contributed by atoms with E-state index in [0.717, 1.165) is 11.3 Å². The number of halogens is 1. The molecule has 0 atom stereocenters. The number of fused-ring (bicyclic) bond motifs is 1. The third kappa shape index (κ3) is 6.23. The fourth-order valence-electron chi connectivity index (χ4n) is 4.19. The van der Waals surface area contributed by atoms with E-state index in [9.17, 15) is 14.4 Å². The van der Waals surface area contributed by atoms with Crippen LogP contribution in [0.4, 0.5) is 5.69 Å². The van der Waals surface area contributed by atoms with Crippen LogP contribution in [0.15, 0.2) is 36.4 Å². The Hall–Kier alpha value is -3.30. The highest BCUT2D eigenvalue weighted by atomic mass is 35.5. The van der Waals surface area contributed by atoms with Crippen molar-refractivity contribution in [3.05, 3.63) is 53.1 Å². The average molecular weight is 504 g/mol. The molecule has 0 radical (unpaired) electrons. The fourth-order valence-corrected chi connectivity index (χ4v) is 4.19. The van der Waals surface area contributed by atoms with Crippen LogP contribution in [0.3, 0.4) is 0 Å². The highest BCUT2D eigenvalue weighted by Crippen LogP contribution is 2.28. The number of anilines is 1. The van der Waals surface area contributed by atoms with Gasteiger partial charge in [-0.2, -0.15) is 0 Å². The van der Waals surface area contributed by atoms with E-state index in [0.29, 0.717) is 68.2 Å². The first-order valence-corrected chi connectivity index (χ1v) is 11.3. The lowest BCUT2D eigenvalue weighted by molar-refractivity contribution is -0.116. The zero-order valence-corrected chi connectivity index (χ0v) is 20.7. The van der Waals surface area contributed by atoms with Gasteiger partial charge in [0.2, 0.25) is 5.91 Å². The van der Waals surface area contributed by atoms with Gasteiger partial charge in [-0.15, -0.1) is 12.4 Å². The number of piperazine rings is 1. The van der Waals surface area contributed by atoms with Gasteiger partial charge in [-0.25, -0.2) is 4.79 Å². The van der Waals surface area contributed by atoms with E-state index >= 15 is 0 Å². The summed E-state index contributed by atoms with van der Waals surface area (Å²) in [7, 11) is 3.05. The Kier molecular flexibility index (Phi) is 8.95. The van der Waals surface area contributed by atoms with E-state index in [4.69, 9.17) is 14.2 Å². The number of nitrogens with one attached hydrogen (secondary N) is 1. The van der Waals surface area contributed by atoms with Gasteiger partial charge in [-0.05, 0) is 48.4 Å². The van der Waals surface area contributed by atoms with Crippen LogP contribution in [0.5, 0.6) is 11.5 Å². The Morgan fingerprint density at radius 2 is 1.63 bits per heavy atom. The Balaban J connectivity index is 0.00000342. The van der Waals surface area contributed by atoms with Crippen molar-refractivity contribution >= 4 is 35.9 Å². The van der Waals surface area contributed by atoms with Crippen molar-refractivity contribution in [2.75, 3.05) is 58.9 Å². The van der Waals surface area contributed by atoms with Crippen LogP contribution in [0.25, 0.3) is 0 Å². The maximum atomic E-state index is 12.9. The third-order valence-electron chi connectivity index (χ3n) is 6.17. The smallest absolute Gasteiger partial charge is 0.338 e. The molecular formula is C25H30ClN3O6. The average Bonchev–Trinajstić information content (AvgIpc) is 2.87. The number of hydrogen-bond donors (Lipinski definition) is 1. The lowest BCUT2D eigenvalue weighted by Gasteiger charge is -2.34. The molecule has 2 amide bonds. The van der Waals surface area contributed by atoms with Gasteiger partial charge in [0.25, 0.3) is 5.91 Å². The van der Waals surface area contributed by atoms with Crippen molar-refractivity contribution < 1.29 is 28.6 Å². The minimum atomic E-state index is -0.418. The van der Waals surface area contributed by atoms with Gasteiger partial charge in [-0.3, -0.25) is 14.5 Å². The van der Waals surface area contributed by atoms with E-state index in [-0.39, 0.29) is 30.8 Å². The Morgan fingerprint density at radius 1 is 0.914 bits per heavy atom. The maximum Gasteiger partial charge on any atom is 0.338 e. The van der Waals surface area contributed by atoms with Gasteiger partial charge in [0.05, 0.1) is 19.8 Å². The summed E-state index contributed by atoms with van der Waals surface area (Å²) in [6.45, 7) is 3.49. The molecule has 2 aromatic rings. The molecule has 0 aliphatic carbocycles. The van der Waals surface area contributed by atoms with Crippen LogP contribution in [-0.4, -0.2) is 81.1 Å². The van der Waals surface area contributed by atoms with E-state index in [1.165, 1.54) is 14.2 Å². The number of nitrogens with zero attached hydrogens (tertiary/aromatic N) is 2. The Labute approximate surface area is 210 Å². The minimum absolute atomic E-state index is 0. The molecule has 2 aliphatic rings. The SMILES string of the molecule is COc1ccc(C(=O)OCCN2CCN(C(=O)c3ccc4c(c3)CCC(=O)N4)CC2)cc1OC.Cl. The molecule has 4 rings (SSSR count). The number of carbonyl (C=O) groups is 3. The summed E-state index contributed by atoms with van der Waals surface area (Å²) in [6, 6.07) is 10.4. The number of benzene rings is 2. The van der Waals surface area contributed by atoms with Crippen LogP contribution >= 0.6 is 12.4 Å². The lowest BCUT2D eigenvalue weighted by atomic mass is 10.00. The van der Waals surface area contributed by atoms with Crippen molar-refractivity contribution in [3.63, 3.8) is 0 Å². The van der Waals surface area contributed by atoms with E-state index in [2.05, 4.69) is 10.2 Å². The van der Waals surface area contributed by atoms with Crippen molar-refractivity contribution in [1.82, 2.24) is 9.80 Å². The van der Waals surface area contributed by atoms with Crippen LogP contribution in [0, 0.1) is 0 Å². The molecule has 0 spiro atoms. The molecule has 0 unspecified atom stereocenters. The lowest BCUT2D eigenvalue weighted by Crippen LogP contribution is -2.49. The molecule has 35 heavy (non-hydrogen) atoms. The number of aryl methyl sites for hydroxylation is 1. The quantitative estimate of drug-likeness (QED) is 0.580. The molecule has 2 aromatic carbocycles. The first kappa shape index (κ1) is 26.3. The minimum Gasteiger partial charge on any atom is -0.493 e. The zero-order valence-electron chi connectivity index (χ0n) is 19.9. The summed E-state index contributed by atoms with van der Waals surface area (Å²) in [5.41, 5.74) is 2.84. The monoisotopic (exact) mass is 503 g/mol. The molecule has 0 bridgehead atoms. The third-order valence-corrected chi connectivity index (χ3v) is 6.17. The highest BCUT2D eigenvalue weighted by Gasteiger charge is 2.24. The normalized spacial score (nSPS) is 15.4. The summed E-state index contributed by atoms with van der Waals surface area (Å²) in [6.07, 6.45) is 1.10. The number of methoxy groups -OCH3 is 2. The molecule has 0 saturated carbocycles. The second-order valence-electron chi connectivity index (χ2n) is 8.26. The Bertz CT molecular complexity index is 1080. The predicted octanol–water partition coefficient (Wildman–Crippen LogP) is 2.63. The summed E-state index contributed by atoms with van der Waals surface area (Å²) < 4.78 is 15.8. The van der Waals surface area contributed by atoms with Crippen LogP contribution in [-0.2, 0) is 16.0 Å². The standard InChI is InChI=1S/C25H29N3O6.ClH/c1-32-21-7-4-19(16-22(21)33-2)25(31)34-14-13-27-9-11-28(12-10-27)24(30)18-3-6-20-17(15-18)5-8-23(29)26-20;/h3-4,6-7,15-16H,5,8-14H2,1-2H3,(H,26,29);1H.